The molecule has 0 amide bonds. The molecule has 1 aliphatic carbocycles. The lowest BCUT2D eigenvalue weighted by Crippen LogP contribution is -2.50. The number of nitrogens with one attached hydrogen (secondary N) is 2. The maximum atomic E-state index is 11.6. The molecule has 0 aromatic rings. The van der Waals surface area contributed by atoms with E-state index < -0.39 is 16.3 Å². The Labute approximate surface area is 96.0 Å². The zero-order valence-corrected chi connectivity index (χ0v) is 10.5. The maximum Gasteiger partial charge on any atom is 0.277 e. The van der Waals surface area contributed by atoms with E-state index in [2.05, 4.69) is 9.44 Å². The van der Waals surface area contributed by atoms with Crippen molar-refractivity contribution in [2.24, 2.45) is 11.7 Å². The van der Waals surface area contributed by atoms with E-state index in [1.807, 2.05) is 0 Å². The number of rotatable bonds is 6. The van der Waals surface area contributed by atoms with Gasteiger partial charge in [0.2, 0.25) is 0 Å². The van der Waals surface area contributed by atoms with Crippen LogP contribution in [0.4, 0.5) is 0 Å². The molecule has 0 spiro atoms. The number of thiocarbonyl (C=S) groups is 1. The van der Waals surface area contributed by atoms with Crippen LogP contribution >= 0.6 is 12.2 Å². The van der Waals surface area contributed by atoms with Crippen LogP contribution in [0.15, 0.2) is 0 Å². The molecule has 1 aliphatic rings. The Balaban J connectivity index is 2.61. The molecule has 5 nitrogen and oxygen atoms in total. The molecule has 7 heteroatoms. The summed E-state index contributed by atoms with van der Waals surface area (Å²) in [5.74, 6) is 0.270. The number of nitrogens with two attached hydrogens (primary N) is 1. The minimum Gasteiger partial charge on any atom is -0.392 e. The van der Waals surface area contributed by atoms with E-state index in [0.717, 1.165) is 12.8 Å². The van der Waals surface area contributed by atoms with Crippen molar-refractivity contribution in [3.63, 3.8) is 0 Å². The summed E-state index contributed by atoms with van der Waals surface area (Å²) in [5.41, 5.74) is 5.49. The second kappa shape index (κ2) is 4.73. The summed E-state index contributed by atoms with van der Waals surface area (Å²) in [6.07, 6.45) is 1.96. The molecule has 1 rings (SSSR count). The van der Waals surface area contributed by atoms with Gasteiger partial charge in [-0.1, -0.05) is 12.2 Å². The summed E-state index contributed by atoms with van der Waals surface area (Å²) in [7, 11) is -3.50. The lowest BCUT2D eigenvalue weighted by atomic mass is 10.2. The van der Waals surface area contributed by atoms with Gasteiger partial charge in [0.15, 0.2) is 0 Å². The second-order valence-electron chi connectivity index (χ2n) is 4.11. The molecule has 1 fully saturated rings. The molecule has 88 valence electrons. The minimum atomic E-state index is -3.50. The van der Waals surface area contributed by atoms with Crippen LogP contribution < -0.4 is 15.2 Å². The van der Waals surface area contributed by atoms with Crippen molar-refractivity contribution < 1.29 is 8.42 Å². The highest BCUT2D eigenvalue weighted by Gasteiger charge is 2.35. The zero-order valence-electron chi connectivity index (χ0n) is 8.86. The Morgan fingerprint density at radius 3 is 2.27 bits per heavy atom. The monoisotopic (exact) mass is 251 g/mol. The number of hydrogen-bond donors (Lipinski definition) is 3. The van der Waals surface area contributed by atoms with Gasteiger partial charge >= 0.3 is 0 Å². The van der Waals surface area contributed by atoms with Crippen LogP contribution in [0.1, 0.15) is 26.7 Å². The molecular formula is C8H17N3O2S2. The summed E-state index contributed by atoms with van der Waals surface area (Å²) < 4.78 is 28.0. The Kier molecular flexibility index (Phi) is 4.05. The standard InChI is InChI=1S/C8H17N3O2S2/c1-5(2)10-15(12,13)11-7(8(9)14)6-3-4-6/h5-7,10-11H,3-4H2,1-2H3,(H2,9,14). The van der Waals surface area contributed by atoms with E-state index in [1.54, 1.807) is 13.8 Å². The van der Waals surface area contributed by atoms with Crippen molar-refractivity contribution >= 4 is 27.4 Å². The smallest absolute Gasteiger partial charge is 0.277 e. The van der Waals surface area contributed by atoms with Crippen molar-refractivity contribution in [2.45, 2.75) is 38.8 Å². The van der Waals surface area contributed by atoms with Crippen molar-refractivity contribution in [1.82, 2.24) is 9.44 Å². The van der Waals surface area contributed by atoms with Crippen LogP contribution in [-0.2, 0) is 10.2 Å². The van der Waals surface area contributed by atoms with Gasteiger partial charge in [0.25, 0.3) is 10.2 Å². The van der Waals surface area contributed by atoms with E-state index in [9.17, 15) is 8.42 Å². The maximum absolute atomic E-state index is 11.6. The van der Waals surface area contributed by atoms with Crippen LogP contribution in [0.5, 0.6) is 0 Å². The highest BCUT2D eigenvalue weighted by molar-refractivity contribution is 7.87. The summed E-state index contributed by atoms with van der Waals surface area (Å²) >= 11 is 4.84. The third kappa shape index (κ3) is 4.42. The van der Waals surface area contributed by atoms with Crippen LogP contribution in [0.3, 0.4) is 0 Å². The van der Waals surface area contributed by atoms with E-state index >= 15 is 0 Å². The van der Waals surface area contributed by atoms with Crippen molar-refractivity contribution in [2.75, 3.05) is 0 Å². The predicted molar refractivity (Wildman–Crippen MR) is 63.6 cm³/mol. The third-order valence-electron chi connectivity index (χ3n) is 2.07. The quantitative estimate of drug-likeness (QED) is 0.575. The first-order valence-corrected chi connectivity index (χ1v) is 6.80. The normalized spacial score (nSPS) is 19.1. The molecule has 1 unspecified atom stereocenters. The molecule has 0 aliphatic heterocycles. The fourth-order valence-electron chi connectivity index (χ4n) is 1.33. The van der Waals surface area contributed by atoms with E-state index in [0.29, 0.717) is 0 Å². The van der Waals surface area contributed by atoms with Gasteiger partial charge in [-0.15, -0.1) is 0 Å². The third-order valence-corrected chi connectivity index (χ3v) is 3.67. The zero-order chi connectivity index (χ0) is 11.6. The van der Waals surface area contributed by atoms with Gasteiger partial charge < -0.3 is 5.73 Å². The van der Waals surface area contributed by atoms with E-state index in [-0.39, 0.29) is 16.9 Å². The number of hydrogen-bond acceptors (Lipinski definition) is 3. The van der Waals surface area contributed by atoms with Crippen molar-refractivity contribution in [3.8, 4) is 0 Å². The van der Waals surface area contributed by atoms with Crippen molar-refractivity contribution in [1.29, 1.82) is 0 Å². The molecule has 0 heterocycles. The molecule has 0 radical (unpaired) electrons. The SMILES string of the molecule is CC(C)NS(=O)(=O)NC(C(N)=S)C1CC1. The molecule has 1 atom stereocenters. The van der Waals surface area contributed by atoms with Crippen molar-refractivity contribution in [3.05, 3.63) is 0 Å². The largest absolute Gasteiger partial charge is 0.392 e. The summed E-state index contributed by atoms with van der Waals surface area (Å²) in [4.78, 5) is 0.214. The second-order valence-corrected chi connectivity index (χ2v) is 6.06. The topological polar surface area (TPSA) is 84.2 Å². The average molecular weight is 251 g/mol. The fraction of sp³-hybridized carbons (Fsp3) is 0.875. The molecule has 0 aromatic heterocycles. The van der Waals surface area contributed by atoms with Crippen LogP contribution in [-0.4, -0.2) is 25.5 Å². The summed E-state index contributed by atoms with van der Waals surface area (Å²) in [5, 5.41) is 0. The van der Waals surface area contributed by atoms with Gasteiger partial charge in [-0.2, -0.15) is 17.9 Å². The van der Waals surface area contributed by atoms with Gasteiger partial charge in [0.1, 0.15) is 0 Å². The van der Waals surface area contributed by atoms with Gasteiger partial charge in [0.05, 0.1) is 11.0 Å². The van der Waals surface area contributed by atoms with Gasteiger partial charge in [-0.3, -0.25) is 0 Å². The summed E-state index contributed by atoms with van der Waals surface area (Å²) in [6, 6.07) is -0.551. The van der Waals surface area contributed by atoms with Gasteiger partial charge in [-0.25, -0.2) is 0 Å². The van der Waals surface area contributed by atoms with Crippen LogP contribution in [0.25, 0.3) is 0 Å². The van der Waals surface area contributed by atoms with E-state index in [1.165, 1.54) is 0 Å². The highest BCUT2D eigenvalue weighted by atomic mass is 32.2. The van der Waals surface area contributed by atoms with Gasteiger partial charge in [-0.05, 0) is 32.6 Å². The Morgan fingerprint density at radius 2 is 1.93 bits per heavy atom. The predicted octanol–water partition coefficient (Wildman–Crippen LogP) is -0.116. The fourth-order valence-corrected chi connectivity index (χ4v) is 3.00. The molecular weight excluding hydrogens is 234 g/mol. The average Bonchev–Trinajstić information content (AvgIpc) is 2.79. The molecule has 0 saturated heterocycles. The Morgan fingerprint density at radius 1 is 1.40 bits per heavy atom. The molecule has 1 saturated carbocycles. The van der Waals surface area contributed by atoms with E-state index in [4.69, 9.17) is 18.0 Å². The highest BCUT2D eigenvalue weighted by Crippen LogP contribution is 2.32. The molecule has 15 heavy (non-hydrogen) atoms. The molecule has 0 bridgehead atoms. The first kappa shape index (κ1) is 12.8. The summed E-state index contributed by atoms with van der Waals surface area (Å²) in [6.45, 7) is 3.51. The first-order chi connectivity index (χ1) is 6.82. The Bertz CT molecular complexity index is 336. The Hall–Kier alpha value is -0.240. The van der Waals surface area contributed by atoms with Crippen LogP contribution in [0.2, 0.25) is 0 Å². The lowest BCUT2D eigenvalue weighted by molar-refractivity contribution is 0.540. The first-order valence-electron chi connectivity index (χ1n) is 4.90. The lowest BCUT2D eigenvalue weighted by Gasteiger charge is -2.18. The minimum absolute atomic E-state index is 0.145. The molecule has 0 aromatic carbocycles. The molecule has 4 N–H and O–H groups in total. The van der Waals surface area contributed by atoms with Gasteiger partial charge in [0, 0.05) is 6.04 Å². The van der Waals surface area contributed by atoms with Crippen LogP contribution in [0, 0.1) is 5.92 Å².